The maximum Gasteiger partial charge on any atom is 0.337 e. The molecule has 0 atom stereocenters. The molecule has 0 fully saturated rings. The van der Waals surface area contributed by atoms with Crippen LogP contribution >= 0.6 is 0 Å². The molecule has 1 aromatic carbocycles. The van der Waals surface area contributed by atoms with Gasteiger partial charge in [-0.2, -0.15) is 0 Å². The lowest BCUT2D eigenvalue weighted by Crippen LogP contribution is -2.03. The summed E-state index contributed by atoms with van der Waals surface area (Å²) < 4.78 is 4.67. The first-order valence-electron chi connectivity index (χ1n) is 5.52. The summed E-state index contributed by atoms with van der Waals surface area (Å²) >= 11 is 0. The molecule has 0 amide bonds. The molecule has 0 aliphatic rings. The van der Waals surface area contributed by atoms with Crippen molar-refractivity contribution < 1.29 is 9.53 Å². The van der Waals surface area contributed by atoms with E-state index in [9.17, 15) is 4.79 Å². The van der Waals surface area contributed by atoms with Crippen LogP contribution in [-0.4, -0.2) is 18.1 Å². The van der Waals surface area contributed by atoms with Crippen LogP contribution in [0, 0.1) is 0 Å². The molecule has 6 nitrogen and oxygen atoms in total. The number of anilines is 3. The molecule has 0 bridgehead atoms. The molecule has 0 saturated carbocycles. The third-order valence-corrected chi connectivity index (χ3v) is 2.63. The lowest BCUT2D eigenvalue weighted by Gasteiger charge is -2.07. The lowest BCUT2D eigenvalue weighted by molar-refractivity contribution is 0.0601. The van der Waals surface area contributed by atoms with Gasteiger partial charge in [-0.1, -0.05) is 0 Å². The first-order valence-corrected chi connectivity index (χ1v) is 5.52. The van der Waals surface area contributed by atoms with E-state index in [4.69, 9.17) is 17.2 Å². The predicted molar refractivity (Wildman–Crippen MR) is 74.2 cm³/mol. The normalized spacial score (nSPS) is 10.2. The van der Waals surface area contributed by atoms with Crippen molar-refractivity contribution in [2.45, 2.75) is 0 Å². The number of carbonyl (C=O) groups is 1. The van der Waals surface area contributed by atoms with E-state index in [1.165, 1.54) is 13.2 Å². The second kappa shape index (κ2) is 4.85. The average Bonchev–Trinajstić information content (AvgIpc) is 2.40. The minimum absolute atomic E-state index is 0.236. The van der Waals surface area contributed by atoms with E-state index in [1.807, 2.05) is 0 Å². The highest BCUT2D eigenvalue weighted by Gasteiger charge is 2.10. The molecule has 0 aliphatic heterocycles. The van der Waals surface area contributed by atoms with E-state index >= 15 is 0 Å². The smallest absolute Gasteiger partial charge is 0.337 e. The molecular formula is C13H14N4O2. The van der Waals surface area contributed by atoms with Crippen LogP contribution in [-0.2, 0) is 4.74 Å². The van der Waals surface area contributed by atoms with E-state index in [0.29, 0.717) is 28.2 Å². The van der Waals surface area contributed by atoms with Crippen molar-refractivity contribution in [2.24, 2.45) is 0 Å². The molecule has 0 spiro atoms. The minimum Gasteiger partial charge on any atom is -0.465 e. The van der Waals surface area contributed by atoms with Gasteiger partial charge in [0, 0.05) is 11.3 Å². The number of esters is 1. The van der Waals surface area contributed by atoms with Gasteiger partial charge in [0.1, 0.15) is 5.82 Å². The van der Waals surface area contributed by atoms with Gasteiger partial charge in [0.25, 0.3) is 0 Å². The van der Waals surface area contributed by atoms with Gasteiger partial charge in [-0.25, -0.2) is 9.78 Å². The van der Waals surface area contributed by atoms with Crippen LogP contribution in [0.2, 0.25) is 0 Å². The van der Waals surface area contributed by atoms with Crippen LogP contribution in [0.1, 0.15) is 10.4 Å². The second-order valence-corrected chi connectivity index (χ2v) is 4.01. The Morgan fingerprint density at radius 1 is 1.16 bits per heavy atom. The number of rotatable bonds is 2. The van der Waals surface area contributed by atoms with Crippen LogP contribution in [0.25, 0.3) is 11.3 Å². The molecular weight excluding hydrogens is 244 g/mol. The van der Waals surface area contributed by atoms with Gasteiger partial charge in [0.2, 0.25) is 0 Å². The van der Waals surface area contributed by atoms with Crippen LogP contribution in [0.3, 0.4) is 0 Å². The average molecular weight is 258 g/mol. The highest BCUT2D eigenvalue weighted by atomic mass is 16.5. The first kappa shape index (κ1) is 12.7. The maximum absolute atomic E-state index is 11.5. The number of nitrogens with two attached hydrogens (primary N) is 3. The van der Waals surface area contributed by atoms with Gasteiger partial charge in [0.15, 0.2) is 0 Å². The summed E-state index contributed by atoms with van der Waals surface area (Å²) in [5, 5.41) is 0. The van der Waals surface area contributed by atoms with Gasteiger partial charge in [-0.15, -0.1) is 0 Å². The Hall–Kier alpha value is -2.76. The zero-order chi connectivity index (χ0) is 14.0. The SMILES string of the molecule is COC(=O)c1cc(N)cc(-c2ccc(N)c(N)n2)c1. The van der Waals surface area contributed by atoms with E-state index in [1.54, 1.807) is 24.3 Å². The van der Waals surface area contributed by atoms with Crippen LogP contribution in [0.5, 0.6) is 0 Å². The summed E-state index contributed by atoms with van der Waals surface area (Å²) in [6, 6.07) is 8.24. The number of methoxy groups -OCH3 is 1. The Bertz CT molecular complexity index is 641. The predicted octanol–water partition coefficient (Wildman–Crippen LogP) is 1.28. The molecule has 2 rings (SSSR count). The molecule has 6 heteroatoms. The highest BCUT2D eigenvalue weighted by molar-refractivity contribution is 5.92. The Kier molecular flexibility index (Phi) is 3.24. The lowest BCUT2D eigenvalue weighted by atomic mass is 10.1. The molecule has 0 saturated heterocycles. The third-order valence-electron chi connectivity index (χ3n) is 2.63. The van der Waals surface area contributed by atoms with Gasteiger partial charge in [-0.05, 0) is 30.3 Å². The molecule has 19 heavy (non-hydrogen) atoms. The molecule has 0 aliphatic carbocycles. The fourth-order valence-electron chi connectivity index (χ4n) is 1.68. The Balaban J connectivity index is 2.52. The highest BCUT2D eigenvalue weighted by Crippen LogP contribution is 2.25. The van der Waals surface area contributed by atoms with Crippen molar-refractivity contribution in [1.82, 2.24) is 4.98 Å². The third kappa shape index (κ3) is 2.57. The number of ether oxygens (including phenoxy) is 1. The van der Waals surface area contributed by atoms with Crippen molar-refractivity contribution in [2.75, 3.05) is 24.3 Å². The summed E-state index contributed by atoms with van der Waals surface area (Å²) in [5.41, 5.74) is 19.5. The topological polar surface area (TPSA) is 117 Å². The fraction of sp³-hybridized carbons (Fsp3) is 0.0769. The zero-order valence-electron chi connectivity index (χ0n) is 10.4. The summed E-state index contributed by atoms with van der Waals surface area (Å²) in [6.07, 6.45) is 0. The van der Waals surface area contributed by atoms with E-state index in [0.717, 1.165) is 0 Å². The van der Waals surface area contributed by atoms with Crippen molar-refractivity contribution >= 4 is 23.2 Å². The summed E-state index contributed by atoms with van der Waals surface area (Å²) in [7, 11) is 1.31. The van der Waals surface area contributed by atoms with E-state index < -0.39 is 5.97 Å². The first-order chi connectivity index (χ1) is 9.01. The second-order valence-electron chi connectivity index (χ2n) is 4.01. The van der Waals surface area contributed by atoms with Crippen molar-refractivity contribution in [3.63, 3.8) is 0 Å². The van der Waals surface area contributed by atoms with Crippen molar-refractivity contribution in [3.05, 3.63) is 35.9 Å². The van der Waals surface area contributed by atoms with Gasteiger partial charge in [-0.3, -0.25) is 0 Å². The molecule has 0 unspecified atom stereocenters. The monoisotopic (exact) mass is 258 g/mol. The Morgan fingerprint density at radius 2 is 1.89 bits per heavy atom. The van der Waals surface area contributed by atoms with Crippen LogP contribution in [0.4, 0.5) is 17.2 Å². The number of pyridine rings is 1. The molecule has 98 valence electrons. The zero-order valence-corrected chi connectivity index (χ0v) is 10.4. The molecule has 1 aromatic heterocycles. The standard InChI is InChI=1S/C13H14N4O2/c1-19-13(18)8-4-7(5-9(14)6-8)11-3-2-10(15)12(16)17-11/h2-6H,14-15H2,1H3,(H2,16,17). The fourth-order valence-corrected chi connectivity index (χ4v) is 1.68. The number of hydrogen-bond donors (Lipinski definition) is 3. The number of aromatic nitrogens is 1. The Labute approximate surface area is 110 Å². The van der Waals surface area contributed by atoms with Crippen molar-refractivity contribution in [1.29, 1.82) is 0 Å². The summed E-state index contributed by atoms with van der Waals surface area (Å²) in [6.45, 7) is 0. The van der Waals surface area contributed by atoms with Gasteiger partial charge >= 0.3 is 5.97 Å². The van der Waals surface area contributed by atoms with Crippen molar-refractivity contribution in [3.8, 4) is 11.3 Å². The van der Waals surface area contributed by atoms with Crippen LogP contribution in [0.15, 0.2) is 30.3 Å². The molecule has 6 N–H and O–H groups in total. The van der Waals surface area contributed by atoms with E-state index in [-0.39, 0.29) is 5.82 Å². The number of nitrogen functional groups attached to an aromatic ring is 3. The molecule has 0 radical (unpaired) electrons. The van der Waals surface area contributed by atoms with Crippen LogP contribution < -0.4 is 17.2 Å². The van der Waals surface area contributed by atoms with Gasteiger partial charge in [0.05, 0.1) is 24.1 Å². The molecule has 1 heterocycles. The summed E-state index contributed by atoms with van der Waals surface area (Å²) in [4.78, 5) is 15.7. The quantitative estimate of drug-likeness (QED) is 0.551. The number of hydrogen-bond acceptors (Lipinski definition) is 6. The molecule has 2 aromatic rings. The number of carbonyl (C=O) groups excluding carboxylic acids is 1. The van der Waals surface area contributed by atoms with Gasteiger partial charge < -0.3 is 21.9 Å². The maximum atomic E-state index is 11.5. The summed E-state index contributed by atoms with van der Waals surface area (Å²) in [5.74, 6) is -0.225. The number of nitrogens with zero attached hydrogens (tertiary/aromatic N) is 1. The Morgan fingerprint density at radius 3 is 2.53 bits per heavy atom. The largest absolute Gasteiger partial charge is 0.465 e. The number of benzene rings is 1. The minimum atomic E-state index is -0.461. The van der Waals surface area contributed by atoms with E-state index in [2.05, 4.69) is 9.72 Å².